The lowest BCUT2D eigenvalue weighted by molar-refractivity contribution is 0.0950. The van der Waals surface area contributed by atoms with Gasteiger partial charge in [-0.25, -0.2) is 0 Å². The van der Waals surface area contributed by atoms with Crippen molar-refractivity contribution in [3.63, 3.8) is 0 Å². The molecule has 0 aliphatic carbocycles. The molecule has 4 rings (SSSR count). The van der Waals surface area contributed by atoms with Crippen LogP contribution in [0.2, 0.25) is 5.02 Å². The van der Waals surface area contributed by atoms with Crippen LogP contribution < -0.4 is 10.1 Å². The fourth-order valence-electron chi connectivity index (χ4n) is 3.79. The molecule has 1 N–H and O–H groups in total. The predicted octanol–water partition coefficient (Wildman–Crippen LogP) is 5.41. The van der Waals surface area contributed by atoms with Crippen molar-refractivity contribution in [3.05, 3.63) is 88.9 Å². The van der Waals surface area contributed by atoms with Gasteiger partial charge in [0.25, 0.3) is 5.91 Å². The standard InChI is InChI=1S/C26H27ClN2O2/c1-29-14-12-24(13-15-29)31-25-7-2-4-19(16-25)18-28-26(30)21-10-8-20(9-11-21)22-5-3-6-23(27)17-22/h2-11,16-17,24H,12-15,18H2,1H3,(H,28,30). The molecular formula is C26H27ClN2O2. The molecular weight excluding hydrogens is 408 g/mol. The number of nitrogens with zero attached hydrogens (tertiary/aromatic N) is 1. The maximum absolute atomic E-state index is 12.6. The molecule has 31 heavy (non-hydrogen) atoms. The van der Waals surface area contributed by atoms with Gasteiger partial charge in [0.1, 0.15) is 11.9 Å². The summed E-state index contributed by atoms with van der Waals surface area (Å²) in [6.07, 6.45) is 2.35. The second-order valence-electron chi connectivity index (χ2n) is 8.04. The Hall–Kier alpha value is -2.82. The van der Waals surface area contributed by atoms with Crippen molar-refractivity contribution in [2.24, 2.45) is 0 Å². The third-order valence-electron chi connectivity index (χ3n) is 5.62. The van der Waals surface area contributed by atoms with Gasteiger partial charge in [-0.2, -0.15) is 0 Å². The number of likely N-dealkylation sites (tertiary alicyclic amines) is 1. The topological polar surface area (TPSA) is 41.6 Å². The van der Waals surface area contributed by atoms with Crippen molar-refractivity contribution < 1.29 is 9.53 Å². The maximum atomic E-state index is 12.6. The van der Waals surface area contributed by atoms with Crippen molar-refractivity contribution in [2.75, 3.05) is 20.1 Å². The van der Waals surface area contributed by atoms with Gasteiger partial charge in [-0.05, 0) is 73.0 Å². The van der Waals surface area contributed by atoms with Crippen molar-refractivity contribution in [3.8, 4) is 16.9 Å². The second-order valence-corrected chi connectivity index (χ2v) is 8.47. The van der Waals surface area contributed by atoms with Gasteiger partial charge in [0.15, 0.2) is 0 Å². The van der Waals surface area contributed by atoms with E-state index in [1.807, 2.05) is 72.8 Å². The first-order valence-electron chi connectivity index (χ1n) is 10.7. The Bertz CT molecular complexity index is 1030. The highest BCUT2D eigenvalue weighted by Gasteiger charge is 2.18. The quantitative estimate of drug-likeness (QED) is 0.564. The molecule has 0 spiro atoms. The van der Waals surface area contributed by atoms with Gasteiger partial charge >= 0.3 is 0 Å². The fraction of sp³-hybridized carbons (Fsp3) is 0.269. The minimum atomic E-state index is -0.0979. The zero-order chi connectivity index (χ0) is 21.6. The summed E-state index contributed by atoms with van der Waals surface area (Å²) in [6, 6.07) is 23.2. The lowest BCUT2D eigenvalue weighted by Gasteiger charge is -2.29. The van der Waals surface area contributed by atoms with Crippen LogP contribution in [0.15, 0.2) is 72.8 Å². The van der Waals surface area contributed by atoms with E-state index in [-0.39, 0.29) is 12.0 Å². The van der Waals surface area contributed by atoms with Crippen molar-refractivity contribution in [1.82, 2.24) is 10.2 Å². The molecule has 5 heteroatoms. The summed E-state index contributed by atoms with van der Waals surface area (Å²) in [5.41, 5.74) is 3.71. The number of carbonyl (C=O) groups is 1. The zero-order valence-corrected chi connectivity index (χ0v) is 18.4. The van der Waals surface area contributed by atoms with Crippen LogP contribution in [0.4, 0.5) is 0 Å². The largest absolute Gasteiger partial charge is 0.490 e. The van der Waals surface area contributed by atoms with Gasteiger partial charge in [0, 0.05) is 30.2 Å². The fourth-order valence-corrected chi connectivity index (χ4v) is 3.98. The molecule has 1 aliphatic rings. The van der Waals surface area contributed by atoms with Crippen molar-refractivity contribution in [1.29, 1.82) is 0 Å². The van der Waals surface area contributed by atoms with Crippen LogP contribution in [0.25, 0.3) is 11.1 Å². The zero-order valence-electron chi connectivity index (χ0n) is 17.7. The first kappa shape index (κ1) is 21.4. The number of hydrogen-bond acceptors (Lipinski definition) is 3. The van der Waals surface area contributed by atoms with Crippen molar-refractivity contribution >= 4 is 17.5 Å². The average Bonchev–Trinajstić information content (AvgIpc) is 2.79. The molecule has 1 aliphatic heterocycles. The number of halogens is 1. The Morgan fingerprint density at radius 3 is 2.48 bits per heavy atom. The Kier molecular flexibility index (Phi) is 6.90. The van der Waals surface area contributed by atoms with E-state index in [1.54, 1.807) is 0 Å². The van der Waals surface area contributed by atoms with Gasteiger partial charge in [-0.1, -0.05) is 48.0 Å². The Morgan fingerprint density at radius 1 is 1.00 bits per heavy atom. The van der Waals surface area contributed by atoms with Gasteiger partial charge < -0.3 is 15.0 Å². The lowest BCUT2D eigenvalue weighted by Crippen LogP contribution is -2.35. The van der Waals surface area contributed by atoms with Crippen LogP contribution in [0.1, 0.15) is 28.8 Å². The monoisotopic (exact) mass is 434 g/mol. The number of nitrogens with one attached hydrogen (secondary N) is 1. The number of piperidine rings is 1. The smallest absolute Gasteiger partial charge is 0.251 e. The summed E-state index contributed by atoms with van der Waals surface area (Å²) in [7, 11) is 2.14. The van der Waals surface area contributed by atoms with Gasteiger partial charge in [-0.15, -0.1) is 0 Å². The summed E-state index contributed by atoms with van der Waals surface area (Å²) < 4.78 is 6.15. The van der Waals surface area contributed by atoms with E-state index in [4.69, 9.17) is 16.3 Å². The third-order valence-corrected chi connectivity index (χ3v) is 5.86. The van der Waals surface area contributed by atoms with Gasteiger partial charge in [0.05, 0.1) is 0 Å². The number of rotatable bonds is 6. The summed E-state index contributed by atoms with van der Waals surface area (Å²) in [5.74, 6) is 0.770. The van der Waals surface area contributed by atoms with E-state index in [9.17, 15) is 4.79 Å². The predicted molar refractivity (Wildman–Crippen MR) is 126 cm³/mol. The van der Waals surface area contributed by atoms with Crippen LogP contribution in [-0.2, 0) is 6.54 Å². The number of hydrogen-bond donors (Lipinski definition) is 1. The molecule has 0 unspecified atom stereocenters. The first-order valence-corrected chi connectivity index (χ1v) is 11.0. The number of ether oxygens (including phenoxy) is 1. The average molecular weight is 435 g/mol. The second kappa shape index (κ2) is 9.99. The molecule has 1 saturated heterocycles. The minimum Gasteiger partial charge on any atom is -0.490 e. The minimum absolute atomic E-state index is 0.0979. The SMILES string of the molecule is CN1CCC(Oc2cccc(CNC(=O)c3ccc(-c4cccc(Cl)c4)cc3)c2)CC1. The van der Waals surface area contributed by atoms with Crippen LogP contribution in [0.5, 0.6) is 5.75 Å². The Labute approximate surface area is 188 Å². The lowest BCUT2D eigenvalue weighted by atomic mass is 10.0. The van der Waals surface area contributed by atoms with Crippen molar-refractivity contribution in [2.45, 2.75) is 25.5 Å². The van der Waals surface area contributed by atoms with E-state index in [1.165, 1.54) is 0 Å². The normalized spacial score (nSPS) is 14.9. The highest BCUT2D eigenvalue weighted by Crippen LogP contribution is 2.23. The molecule has 3 aromatic rings. The molecule has 0 saturated carbocycles. The molecule has 4 nitrogen and oxygen atoms in total. The summed E-state index contributed by atoms with van der Waals surface area (Å²) >= 11 is 6.07. The molecule has 0 radical (unpaired) electrons. The number of amides is 1. The van der Waals surface area contributed by atoms with Crippen LogP contribution >= 0.6 is 11.6 Å². The number of benzene rings is 3. The molecule has 1 amide bonds. The molecule has 1 heterocycles. The summed E-state index contributed by atoms with van der Waals surface area (Å²) in [5, 5.41) is 3.69. The van der Waals surface area contributed by atoms with Gasteiger partial charge in [0.2, 0.25) is 0 Å². The van der Waals surface area contributed by atoms with Crippen LogP contribution in [0, 0.1) is 0 Å². The molecule has 3 aromatic carbocycles. The summed E-state index contributed by atoms with van der Waals surface area (Å²) in [6.45, 7) is 2.59. The highest BCUT2D eigenvalue weighted by atomic mass is 35.5. The van der Waals surface area contributed by atoms with E-state index in [0.29, 0.717) is 17.1 Å². The molecule has 160 valence electrons. The third kappa shape index (κ3) is 5.87. The molecule has 0 bridgehead atoms. The van der Waals surface area contributed by atoms with Crippen LogP contribution in [-0.4, -0.2) is 37.0 Å². The molecule has 1 fully saturated rings. The van der Waals surface area contributed by atoms with Crippen LogP contribution in [0.3, 0.4) is 0 Å². The van der Waals surface area contributed by atoms with E-state index >= 15 is 0 Å². The van der Waals surface area contributed by atoms with E-state index in [0.717, 1.165) is 48.4 Å². The molecule has 0 aromatic heterocycles. The first-order chi connectivity index (χ1) is 15.1. The Balaban J connectivity index is 1.33. The highest BCUT2D eigenvalue weighted by molar-refractivity contribution is 6.30. The van der Waals surface area contributed by atoms with E-state index < -0.39 is 0 Å². The van der Waals surface area contributed by atoms with Gasteiger partial charge in [-0.3, -0.25) is 4.79 Å². The Morgan fingerprint density at radius 2 is 1.74 bits per heavy atom. The summed E-state index contributed by atoms with van der Waals surface area (Å²) in [4.78, 5) is 14.9. The maximum Gasteiger partial charge on any atom is 0.251 e. The number of carbonyl (C=O) groups excluding carboxylic acids is 1. The van der Waals surface area contributed by atoms with E-state index in [2.05, 4.69) is 17.3 Å². The molecule has 0 atom stereocenters.